The van der Waals surface area contributed by atoms with Crippen molar-refractivity contribution in [3.63, 3.8) is 0 Å². The fraction of sp³-hybridized carbons (Fsp3) is 0.333. The average Bonchev–Trinajstić information content (AvgIpc) is 2.15. The van der Waals surface area contributed by atoms with Crippen LogP contribution in [0.2, 0.25) is 0 Å². The first-order valence-electron chi connectivity index (χ1n) is 5.04. The molecule has 0 amide bonds. The number of halogens is 1. The Kier molecular flexibility index (Phi) is 4.85. The Bertz CT molecular complexity index is 316. The molecule has 2 N–H and O–H groups in total. The molecule has 0 radical (unpaired) electrons. The molecule has 0 atom stereocenters. The van der Waals surface area contributed by atoms with Gasteiger partial charge in [-0.15, -0.1) is 6.58 Å². The maximum Gasteiger partial charge on any atom is 0.0328 e. The van der Waals surface area contributed by atoms with E-state index in [9.17, 15) is 0 Å². The average molecular weight is 269 g/mol. The smallest absolute Gasteiger partial charge is 0.0328 e. The summed E-state index contributed by atoms with van der Waals surface area (Å²) in [4.78, 5) is 2.30. The number of hydrogen-bond donors (Lipinski definition) is 1. The van der Waals surface area contributed by atoms with Crippen molar-refractivity contribution in [2.24, 2.45) is 0 Å². The molecule has 0 spiro atoms. The molecule has 3 heteroatoms. The van der Waals surface area contributed by atoms with Gasteiger partial charge in [0.25, 0.3) is 0 Å². The fourth-order valence-electron chi connectivity index (χ4n) is 1.51. The second-order valence-corrected chi connectivity index (χ2v) is 4.42. The van der Waals surface area contributed by atoms with Gasteiger partial charge in [0.2, 0.25) is 0 Å². The summed E-state index contributed by atoms with van der Waals surface area (Å²) in [5.74, 6) is 0. The summed E-state index contributed by atoms with van der Waals surface area (Å²) in [5, 5.41) is 0. The number of benzene rings is 1. The van der Waals surface area contributed by atoms with Gasteiger partial charge >= 0.3 is 0 Å². The number of nitrogens with zero attached hydrogens (tertiary/aromatic N) is 1. The molecule has 0 saturated heterocycles. The molecule has 0 fully saturated rings. The van der Waals surface area contributed by atoms with Crippen LogP contribution in [0.4, 0.5) is 5.69 Å². The Labute approximate surface area is 99.9 Å². The highest BCUT2D eigenvalue weighted by Gasteiger charge is 2.03. The van der Waals surface area contributed by atoms with E-state index >= 15 is 0 Å². The first kappa shape index (κ1) is 12.3. The van der Waals surface area contributed by atoms with Crippen LogP contribution >= 0.6 is 15.9 Å². The van der Waals surface area contributed by atoms with E-state index in [1.54, 1.807) is 0 Å². The number of nitrogen functional groups attached to an aromatic ring is 1. The topological polar surface area (TPSA) is 29.3 Å². The monoisotopic (exact) mass is 268 g/mol. The first-order valence-corrected chi connectivity index (χ1v) is 5.83. The van der Waals surface area contributed by atoms with E-state index in [1.165, 1.54) is 5.56 Å². The van der Waals surface area contributed by atoms with Crippen molar-refractivity contribution in [3.05, 3.63) is 40.9 Å². The van der Waals surface area contributed by atoms with E-state index in [-0.39, 0.29) is 0 Å². The van der Waals surface area contributed by atoms with Crippen molar-refractivity contribution < 1.29 is 0 Å². The van der Waals surface area contributed by atoms with Crippen molar-refractivity contribution in [1.82, 2.24) is 4.90 Å². The van der Waals surface area contributed by atoms with Crippen LogP contribution < -0.4 is 5.73 Å². The lowest BCUT2D eigenvalue weighted by atomic mass is 10.2. The van der Waals surface area contributed by atoms with E-state index in [0.29, 0.717) is 0 Å². The predicted octanol–water partition coefficient (Wildman–Crippen LogP) is 3.04. The molecule has 0 saturated carbocycles. The third kappa shape index (κ3) is 4.06. The SMILES string of the molecule is C=CCN(CC)Cc1cc(N)cc(Br)c1. The minimum absolute atomic E-state index is 0.800. The van der Waals surface area contributed by atoms with Gasteiger partial charge in [-0.1, -0.05) is 28.9 Å². The second-order valence-electron chi connectivity index (χ2n) is 3.51. The normalized spacial score (nSPS) is 10.6. The van der Waals surface area contributed by atoms with E-state index in [2.05, 4.69) is 40.4 Å². The van der Waals surface area contributed by atoms with Gasteiger partial charge in [-0.3, -0.25) is 4.90 Å². The number of hydrogen-bond acceptors (Lipinski definition) is 2. The minimum Gasteiger partial charge on any atom is -0.399 e. The van der Waals surface area contributed by atoms with Gasteiger partial charge in [-0.25, -0.2) is 0 Å². The van der Waals surface area contributed by atoms with Gasteiger partial charge < -0.3 is 5.73 Å². The summed E-state index contributed by atoms with van der Waals surface area (Å²) < 4.78 is 1.03. The standard InChI is InChI=1S/C12H17BrN2/c1-3-5-15(4-2)9-10-6-11(13)8-12(14)7-10/h3,6-8H,1,4-5,9,14H2,2H3. The maximum atomic E-state index is 5.78. The number of likely N-dealkylation sites (N-methyl/N-ethyl adjacent to an activating group) is 1. The lowest BCUT2D eigenvalue weighted by molar-refractivity contribution is 0.311. The van der Waals surface area contributed by atoms with Crippen LogP contribution in [-0.2, 0) is 6.54 Å². The third-order valence-corrected chi connectivity index (χ3v) is 2.68. The molecular formula is C12H17BrN2. The van der Waals surface area contributed by atoms with Crippen LogP contribution in [0.15, 0.2) is 35.3 Å². The number of rotatable bonds is 5. The molecule has 0 heterocycles. The van der Waals surface area contributed by atoms with Gasteiger partial charge in [-0.05, 0) is 30.3 Å². The van der Waals surface area contributed by atoms with Crippen LogP contribution in [0.5, 0.6) is 0 Å². The third-order valence-electron chi connectivity index (χ3n) is 2.22. The largest absolute Gasteiger partial charge is 0.399 e. The Morgan fingerprint density at radius 3 is 2.73 bits per heavy atom. The predicted molar refractivity (Wildman–Crippen MR) is 69.7 cm³/mol. The van der Waals surface area contributed by atoms with Gasteiger partial charge in [-0.2, -0.15) is 0 Å². The Morgan fingerprint density at radius 1 is 1.47 bits per heavy atom. The summed E-state index contributed by atoms with van der Waals surface area (Å²) in [5.41, 5.74) is 7.81. The molecule has 0 aliphatic heterocycles. The highest BCUT2D eigenvalue weighted by molar-refractivity contribution is 9.10. The second kappa shape index (κ2) is 5.93. The minimum atomic E-state index is 0.800. The zero-order valence-electron chi connectivity index (χ0n) is 9.04. The van der Waals surface area contributed by atoms with Crippen LogP contribution in [0.3, 0.4) is 0 Å². The lowest BCUT2D eigenvalue weighted by Gasteiger charge is -2.18. The van der Waals surface area contributed by atoms with E-state index < -0.39 is 0 Å². The zero-order valence-corrected chi connectivity index (χ0v) is 10.6. The molecule has 0 unspecified atom stereocenters. The number of anilines is 1. The van der Waals surface area contributed by atoms with Crippen LogP contribution in [0.1, 0.15) is 12.5 Å². The fourth-order valence-corrected chi connectivity index (χ4v) is 2.07. The van der Waals surface area contributed by atoms with Gasteiger partial charge in [0.05, 0.1) is 0 Å². The Morgan fingerprint density at radius 2 is 2.20 bits per heavy atom. The van der Waals surface area contributed by atoms with Crippen molar-refractivity contribution >= 4 is 21.6 Å². The first-order chi connectivity index (χ1) is 7.15. The van der Waals surface area contributed by atoms with Crippen LogP contribution in [0.25, 0.3) is 0 Å². The summed E-state index contributed by atoms with van der Waals surface area (Å²) in [6.45, 7) is 8.72. The molecule has 82 valence electrons. The molecular weight excluding hydrogens is 252 g/mol. The van der Waals surface area contributed by atoms with Gasteiger partial charge in [0, 0.05) is 23.2 Å². The lowest BCUT2D eigenvalue weighted by Crippen LogP contribution is -2.22. The molecule has 0 aliphatic carbocycles. The summed E-state index contributed by atoms with van der Waals surface area (Å²) in [7, 11) is 0. The molecule has 15 heavy (non-hydrogen) atoms. The van der Waals surface area contributed by atoms with Crippen molar-refractivity contribution in [2.75, 3.05) is 18.8 Å². The Balaban J connectivity index is 2.73. The molecule has 2 nitrogen and oxygen atoms in total. The highest BCUT2D eigenvalue weighted by atomic mass is 79.9. The number of nitrogens with two attached hydrogens (primary N) is 1. The zero-order chi connectivity index (χ0) is 11.3. The van der Waals surface area contributed by atoms with Crippen LogP contribution in [-0.4, -0.2) is 18.0 Å². The van der Waals surface area contributed by atoms with E-state index in [4.69, 9.17) is 5.73 Å². The molecule has 1 rings (SSSR count). The summed E-state index contributed by atoms with van der Waals surface area (Å²) in [6, 6.07) is 6.02. The molecule has 0 aliphatic rings. The Hall–Kier alpha value is -0.800. The van der Waals surface area contributed by atoms with Crippen molar-refractivity contribution in [3.8, 4) is 0 Å². The quantitative estimate of drug-likeness (QED) is 0.657. The summed E-state index contributed by atoms with van der Waals surface area (Å²) >= 11 is 3.45. The van der Waals surface area contributed by atoms with E-state index in [1.807, 2.05) is 18.2 Å². The van der Waals surface area contributed by atoms with Gasteiger partial charge in [0.15, 0.2) is 0 Å². The molecule has 1 aromatic rings. The summed E-state index contributed by atoms with van der Waals surface area (Å²) in [6.07, 6.45) is 1.92. The molecule has 0 aromatic heterocycles. The van der Waals surface area contributed by atoms with Crippen molar-refractivity contribution in [2.45, 2.75) is 13.5 Å². The molecule has 1 aromatic carbocycles. The molecule has 0 bridgehead atoms. The van der Waals surface area contributed by atoms with Crippen LogP contribution in [0, 0.1) is 0 Å². The van der Waals surface area contributed by atoms with Gasteiger partial charge in [0.1, 0.15) is 0 Å². The highest BCUT2D eigenvalue weighted by Crippen LogP contribution is 2.18. The maximum absolute atomic E-state index is 5.78. The van der Waals surface area contributed by atoms with E-state index in [0.717, 1.165) is 29.8 Å². The van der Waals surface area contributed by atoms with Crippen molar-refractivity contribution in [1.29, 1.82) is 0 Å².